The van der Waals surface area contributed by atoms with Crippen LogP contribution in [0, 0.1) is 0 Å². The van der Waals surface area contributed by atoms with Gasteiger partial charge in [-0.15, -0.1) is 0 Å². The summed E-state index contributed by atoms with van der Waals surface area (Å²) in [4.78, 5) is 26.9. The highest BCUT2D eigenvalue weighted by atomic mass is 16.5. The Hall–Kier alpha value is -2.08. The molecule has 0 atom stereocenters. The lowest BCUT2D eigenvalue weighted by Crippen LogP contribution is -2.36. The minimum absolute atomic E-state index is 0.105. The lowest BCUT2D eigenvalue weighted by Gasteiger charge is -2.22. The molecule has 0 spiro atoms. The first-order valence-electron chi connectivity index (χ1n) is 7.93. The van der Waals surface area contributed by atoms with Crippen LogP contribution in [0.4, 0.5) is 0 Å². The molecular weight excluding hydrogens is 296 g/mol. The van der Waals surface area contributed by atoms with Gasteiger partial charge in [-0.2, -0.15) is 0 Å². The number of carboxylic acid groups (broad SMARTS) is 1. The highest BCUT2D eigenvalue weighted by Gasteiger charge is 2.21. The number of carbonyl (C=O) groups is 2. The molecular formula is C17H24N2O4. The van der Waals surface area contributed by atoms with Gasteiger partial charge in [0, 0.05) is 26.1 Å². The zero-order valence-corrected chi connectivity index (χ0v) is 13.5. The van der Waals surface area contributed by atoms with Crippen LogP contribution in [0.5, 0.6) is 5.75 Å². The Morgan fingerprint density at radius 1 is 1.26 bits per heavy atom. The van der Waals surface area contributed by atoms with Crippen molar-refractivity contribution in [1.29, 1.82) is 0 Å². The topological polar surface area (TPSA) is 70.1 Å². The van der Waals surface area contributed by atoms with E-state index in [1.165, 1.54) is 0 Å². The number of nitrogens with zero attached hydrogens (tertiary/aromatic N) is 2. The third-order valence-electron chi connectivity index (χ3n) is 4.01. The van der Waals surface area contributed by atoms with E-state index in [-0.39, 0.29) is 12.3 Å². The summed E-state index contributed by atoms with van der Waals surface area (Å²) in [6, 6.07) is 7.74. The van der Waals surface area contributed by atoms with E-state index in [0.717, 1.165) is 30.8 Å². The Morgan fingerprint density at radius 3 is 2.65 bits per heavy atom. The molecule has 6 heteroatoms. The zero-order chi connectivity index (χ0) is 16.7. The molecule has 1 amide bonds. The van der Waals surface area contributed by atoms with Gasteiger partial charge >= 0.3 is 5.97 Å². The first-order valence-corrected chi connectivity index (χ1v) is 7.93. The van der Waals surface area contributed by atoms with Gasteiger partial charge in [-0.3, -0.25) is 14.5 Å². The first kappa shape index (κ1) is 17.3. The third kappa shape index (κ3) is 5.56. The SMILES string of the molecule is COc1ccc(CN2CCCN(CCCC(=O)O)CC2=O)cc1. The number of hydrogen-bond donors (Lipinski definition) is 1. The maximum atomic E-state index is 12.4. The third-order valence-corrected chi connectivity index (χ3v) is 4.01. The minimum atomic E-state index is -0.785. The molecule has 0 radical (unpaired) electrons. The summed E-state index contributed by atoms with van der Waals surface area (Å²) in [7, 11) is 1.63. The number of carboxylic acids is 1. The summed E-state index contributed by atoms with van der Waals surface area (Å²) in [5, 5.41) is 8.69. The summed E-state index contributed by atoms with van der Waals surface area (Å²) >= 11 is 0. The lowest BCUT2D eigenvalue weighted by molar-refractivity contribution is -0.137. The molecule has 2 rings (SSSR count). The summed E-state index contributed by atoms with van der Waals surface area (Å²) in [5.74, 6) is 0.126. The first-order chi connectivity index (χ1) is 11.1. The van der Waals surface area contributed by atoms with Crippen LogP contribution in [-0.2, 0) is 16.1 Å². The molecule has 0 aliphatic carbocycles. The minimum Gasteiger partial charge on any atom is -0.497 e. The van der Waals surface area contributed by atoms with E-state index >= 15 is 0 Å². The Labute approximate surface area is 136 Å². The summed E-state index contributed by atoms with van der Waals surface area (Å²) in [6.45, 7) is 3.21. The van der Waals surface area contributed by atoms with E-state index in [0.29, 0.717) is 26.1 Å². The summed E-state index contributed by atoms with van der Waals surface area (Å²) in [5.41, 5.74) is 1.08. The Morgan fingerprint density at radius 2 is 2.00 bits per heavy atom. The molecule has 1 saturated heterocycles. The van der Waals surface area contributed by atoms with Gasteiger partial charge in [-0.25, -0.2) is 0 Å². The van der Waals surface area contributed by atoms with E-state index < -0.39 is 5.97 Å². The predicted octanol–water partition coefficient (Wildman–Crippen LogP) is 1.59. The van der Waals surface area contributed by atoms with Gasteiger partial charge in [0.2, 0.25) is 5.91 Å². The van der Waals surface area contributed by atoms with Crippen molar-refractivity contribution in [1.82, 2.24) is 9.80 Å². The lowest BCUT2D eigenvalue weighted by atomic mass is 10.2. The largest absolute Gasteiger partial charge is 0.497 e. The van der Waals surface area contributed by atoms with Gasteiger partial charge in [-0.1, -0.05) is 12.1 Å². The number of methoxy groups -OCH3 is 1. The molecule has 126 valence electrons. The maximum Gasteiger partial charge on any atom is 0.303 e. The molecule has 1 aromatic rings. The normalized spacial score (nSPS) is 16.2. The van der Waals surface area contributed by atoms with Gasteiger partial charge in [0.25, 0.3) is 0 Å². The van der Waals surface area contributed by atoms with Crippen LogP contribution >= 0.6 is 0 Å². The highest BCUT2D eigenvalue weighted by molar-refractivity contribution is 5.78. The van der Waals surface area contributed by atoms with Crippen LogP contribution in [0.3, 0.4) is 0 Å². The molecule has 1 heterocycles. The van der Waals surface area contributed by atoms with E-state index in [4.69, 9.17) is 9.84 Å². The van der Waals surface area contributed by atoms with Crippen molar-refractivity contribution in [3.63, 3.8) is 0 Å². The molecule has 0 bridgehead atoms. The standard InChI is InChI=1S/C17H24N2O4/c1-23-15-7-5-14(6-8-15)12-19-11-3-10-18(13-16(19)20)9-2-4-17(21)22/h5-8H,2-4,9-13H2,1H3,(H,21,22). The summed E-state index contributed by atoms with van der Waals surface area (Å²) < 4.78 is 5.14. The smallest absolute Gasteiger partial charge is 0.303 e. The van der Waals surface area contributed by atoms with Crippen molar-refractivity contribution in [2.24, 2.45) is 0 Å². The van der Waals surface area contributed by atoms with E-state index in [1.54, 1.807) is 7.11 Å². The molecule has 23 heavy (non-hydrogen) atoms. The second-order valence-electron chi connectivity index (χ2n) is 5.79. The number of hydrogen-bond acceptors (Lipinski definition) is 4. The molecule has 1 aliphatic rings. The Kier molecular flexibility index (Phi) is 6.40. The van der Waals surface area contributed by atoms with Crippen molar-refractivity contribution in [3.05, 3.63) is 29.8 Å². The van der Waals surface area contributed by atoms with Gasteiger partial charge in [0.15, 0.2) is 0 Å². The van der Waals surface area contributed by atoms with Crippen LogP contribution in [0.25, 0.3) is 0 Å². The van der Waals surface area contributed by atoms with Crippen LogP contribution in [0.15, 0.2) is 24.3 Å². The molecule has 0 unspecified atom stereocenters. The molecule has 0 aromatic heterocycles. The Bertz CT molecular complexity index is 530. The second-order valence-corrected chi connectivity index (χ2v) is 5.79. The van der Waals surface area contributed by atoms with E-state index in [1.807, 2.05) is 29.2 Å². The van der Waals surface area contributed by atoms with Crippen molar-refractivity contribution < 1.29 is 19.4 Å². The van der Waals surface area contributed by atoms with E-state index in [9.17, 15) is 9.59 Å². The molecule has 1 aliphatic heterocycles. The number of benzene rings is 1. The van der Waals surface area contributed by atoms with Crippen LogP contribution in [0.2, 0.25) is 0 Å². The number of rotatable bonds is 7. The van der Waals surface area contributed by atoms with Gasteiger partial charge in [-0.05, 0) is 37.1 Å². The van der Waals surface area contributed by atoms with Gasteiger partial charge in [0.1, 0.15) is 5.75 Å². The number of amides is 1. The maximum absolute atomic E-state index is 12.4. The fourth-order valence-corrected chi connectivity index (χ4v) is 2.74. The molecule has 1 aromatic carbocycles. The fourth-order valence-electron chi connectivity index (χ4n) is 2.74. The monoisotopic (exact) mass is 320 g/mol. The summed E-state index contributed by atoms with van der Waals surface area (Å²) in [6.07, 6.45) is 1.65. The number of carbonyl (C=O) groups excluding carboxylic acids is 1. The zero-order valence-electron chi connectivity index (χ0n) is 13.5. The fraction of sp³-hybridized carbons (Fsp3) is 0.529. The predicted molar refractivity (Wildman–Crippen MR) is 86.3 cm³/mol. The highest BCUT2D eigenvalue weighted by Crippen LogP contribution is 2.15. The van der Waals surface area contributed by atoms with Crippen molar-refractivity contribution in [2.75, 3.05) is 33.3 Å². The average Bonchev–Trinajstić information content (AvgIpc) is 2.70. The Balaban J connectivity index is 1.86. The average molecular weight is 320 g/mol. The second kappa shape index (κ2) is 8.53. The van der Waals surface area contributed by atoms with Crippen molar-refractivity contribution in [2.45, 2.75) is 25.8 Å². The van der Waals surface area contributed by atoms with Crippen LogP contribution in [-0.4, -0.2) is 60.1 Å². The van der Waals surface area contributed by atoms with E-state index in [2.05, 4.69) is 4.90 Å². The van der Waals surface area contributed by atoms with Crippen LogP contribution < -0.4 is 4.74 Å². The van der Waals surface area contributed by atoms with Gasteiger partial charge < -0.3 is 14.7 Å². The number of ether oxygens (including phenoxy) is 1. The van der Waals surface area contributed by atoms with Crippen molar-refractivity contribution >= 4 is 11.9 Å². The quantitative estimate of drug-likeness (QED) is 0.826. The van der Waals surface area contributed by atoms with Crippen LogP contribution in [0.1, 0.15) is 24.8 Å². The molecule has 6 nitrogen and oxygen atoms in total. The molecule has 1 N–H and O–H groups in total. The van der Waals surface area contributed by atoms with Crippen molar-refractivity contribution in [3.8, 4) is 5.75 Å². The van der Waals surface area contributed by atoms with Gasteiger partial charge in [0.05, 0.1) is 13.7 Å². The molecule has 1 fully saturated rings. The molecule has 0 saturated carbocycles. The number of aliphatic carboxylic acids is 1.